The molecule has 2 aromatic rings. The van der Waals surface area contributed by atoms with Crippen molar-refractivity contribution in [1.82, 2.24) is 15.2 Å². The molecule has 36 heavy (non-hydrogen) atoms. The van der Waals surface area contributed by atoms with Gasteiger partial charge in [0.1, 0.15) is 11.3 Å². The Kier molecular flexibility index (Phi) is 7.70. The Morgan fingerprint density at radius 3 is 2.61 bits per heavy atom. The van der Waals surface area contributed by atoms with Crippen LogP contribution in [0.5, 0.6) is 0 Å². The van der Waals surface area contributed by atoms with Gasteiger partial charge >= 0.3 is 6.09 Å². The number of guanidine groups is 1. The lowest BCUT2D eigenvalue weighted by molar-refractivity contribution is -0.129. The lowest BCUT2D eigenvalue weighted by Gasteiger charge is -2.40. The van der Waals surface area contributed by atoms with Crippen molar-refractivity contribution in [3.8, 4) is 11.8 Å². The molecule has 1 saturated heterocycles. The summed E-state index contributed by atoms with van der Waals surface area (Å²) in [6.45, 7) is 8.66. The summed E-state index contributed by atoms with van der Waals surface area (Å²) in [5.41, 5.74) is 0.175. The zero-order chi connectivity index (χ0) is 26.7. The summed E-state index contributed by atoms with van der Waals surface area (Å²) >= 11 is 6.51. The van der Waals surface area contributed by atoms with E-state index in [1.807, 2.05) is 0 Å². The molecule has 0 aliphatic carbocycles. The number of aliphatic imine (C=N–C) groups is 1. The van der Waals surface area contributed by atoms with E-state index in [0.29, 0.717) is 21.8 Å². The van der Waals surface area contributed by atoms with Crippen molar-refractivity contribution < 1.29 is 19.1 Å². The first-order valence-electron chi connectivity index (χ1n) is 11.2. The SMILES string of the molecule is CC#Cc1ccc(C(=O)Nc2ccc(Cl)c([C@]3(C)CC(=O)N(C)/C(=N\C(=O)OC(C)(C)C)N3)c2)nc1. The molecule has 1 aromatic heterocycles. The molecule has 0 bridgehead atoms. The molecular weight excluding hydrogens is 482 g/mol. The van der Waals surface area contributed by atoms with Crippen molar-refractivity contribution in [3.05, 3.63) is 58.4 Å². The molecule has 3 rings (SSSR count). The monoisotopic (exact) mass is 509 g/mol. The largest absolute Gasteiger partial charge is 0.442 e. The van der Waals surface area contributed by atoms with E-state index in [4.69, 9.17) is 16.3 Å². The van der Waals surface area contributed by atoms with Crippen LogP contribution in [0.1, 0.15) is 62.7 Å². The number of ether oxygens (including phenoxy) is 1. The van der Waals surface area contributed by atoms with Crippen LogP contribution in [0.4, 0.5) is 10.5 Å². The number of nitrogens with one attached hydrogen (secondary N) is 2. The van der Waals surface area contributed by atoms with Crippen LogP contribution in [-0.2, 0) is 15.1 Å². The van der Waals surface area contributed by atoms with E-state index in [0.717, 1.165) is 0 Å². The zero-order valence-corrected chi connectivity index (χ0v) is 21.8. The average molecular weight is 510 g/mol. The highest BCUT2D eigenvalue weighted by molar-refractivity contribution is 6.31. The fraction of sp³-hybridized carbons (Fsp3) is 0.346. The first-order valence-corrected chi connectivity index (χ1v) is 11.6. The molecule has 0 spiro atoms. The fourth-order valence-electron chi connectivity index (χ4n) is 3.52. The van der Waals surface area contributed by atoms with Crippen molar-refractivity contribution >= 4 is 41.2 Å². The summed E-state index contributed by atoms with van der Waals surface area (Å²) in [5, 5.41) is 6.32. The molecule has 1 atom stereocenters. The lowest BCUT2D eigenvalue weighted by Crippen LogP contribution is -2.59. The molecule has 1 aromatic carbocycles. The van der Waals surface area contributed by atoms with Crippen LogP contribution in [-0.4, -0.2) is 46.4 Å². The quantitative estimate of drug-likeness (QED) is 0.596. The maximum absolute atomic E-state index is 12.8. The second kappa shape index (κ2) is 10.4. The molecule has 0 saturated carbocycles. The molecule has 0 unspecified atom stereocenters. The van der Waals surface area contributed by atoms with Crippen LogP contribution in [0, 0.1) is 11.8 Å². The van der Waals surface area contributed by atoms with Crippen molar-refractivity contribution in [3.63, 3.8) is 0 Å². The van der Waals surface area contributed by atoms with Gasteiger partial charge in [-0.05, 0) is 70.5 Å². The summed E-state index contributed by atoms with van der Waals surface area (Å²) in [4.78, 5) is 47.2. The van der Waals surface area contributed by atoms with Gasteiger partial charge in [0.25, 0.3) is 5.91 Å². The Morgan fingerprint density at radius 2 is 2.00 bits per heavy atom. The van der Waals surface area contributed by atoms with E-state index in [2.05, 4.69) is 32.5 Å². The second-order valence-corrected chi connectivity index (χ2v) is 9.87. The smallest absolute Gasteiger partial charge is 0.437 e. The fourth-order valence-corrected chi connectivity index (χ4v) is 3.84. The van der Waals surface area contributed by atoms with Gasteiger partial charge in [-0.25, -0.2) is 9.78 Å². The summed E-state index contributed by atoms with van der Waals surface area (Å²) < 4.78 is 5.26. The van der Waals surface area contributed by atoms with Gasteiger partial charge in [-0.3, -0.25) is 14.5 Å². The molecule has 10 heteroatoms. The van der Waals surface area contributed by atoms with Crippen molar-refractivity contribution in [2.45, 2.75) is 52.2 Å². The Hall–Kier alpha value is -3.90. The average Bonchev–Trinajstić information content (AvgIpc) is 2.78. The molecule has 1 aliphatic rings. The minimum Gasteiger partial charge on any atom is -0.442 e. The van der Waals surface area contributed by atoms with Gasteiger partial charge in [0.05, 0.1) is 12.0 Å². The summed E-state index contributed by atoms with van der Waals surface area (Å²) in [7, 11) is 1.51. The van der Waals surface area contributed by atoms with Gasteiger partial charge in [0.15, 0.2) is 0 Å². The van der Waals surface area contributed by atoms with E-state index in [1.54, 1.807) is 65.0 Å². The van der Waals surface area contributed by atoms with Gasteiger partial charge < -0.3 is 15.4 Å². The van der Waals surface area contributed by atoms with Crippen molar-refractivity contribution in [2.24, 2.45) is 4.99 Å². The number of nitrogens with zero attached hydrogens (tertiary/aromatic N) is 3. The summed E-state index contributed by atoms with van der Waals surface area (Å²) in [6.07, 6.45) is 0.735. The number of carbonyl (C=O) groups is 3. The van der Waals surface area contributed by atoms with Gasteiger partial charge in [-0.2, -0.15) is 0 Å². The first-order chi connectivity index (χ1) is 16.8. The molecule has 3 amide bonds. The molecule has 9 nitrogen and oxygen atoms in total. The van der Waals surface area contributed by atoms with E-state index in [1.165, 1.54) is 18.1 Å². The topological polar surface area (TPSA) is 113 Å². The number of amides is 3. The van der Waals surface area contributed by atoms with Crippen LogP contribution in [0.25, 0.3) is 0 Å². The van der Waals surface area contributed by atoms with Gasteiger partial charge in [0.2, 0.25) is 11.9 Å². The molecule has 1 fully saturated rings. The highest BCUT2D eigenvalue weighted by atomic mass is 35.5. The Labute approximate surface area is 215 Å². The molecule has 2 N–H and O–H groups in total. The second-order valence-electron chi connectivity index (χ2n) is 9.46. The van der Waals surface area contributed by atoms with Gasteiger partial charge in [-0.15, -0.1) is 10.9 Å². The van der Waals surface area contributed by atoms with Crippen LogP contribution in [0.2, 0.25) is 5.02 Å². The van der Waals surface area contributed by atoms with E-state index in [-0.39, 0.29) is 24.0 Å². The molecular formula is C26H28ClN5O4. The number of halogens is 1. The minimum absolute atomic E-state index is 0.0352. The molecule has 1 aliphatic heterocycles. The molecule has 0 radical (unpaired) electrons. The molecule has 2 heterocycles. The van der Waals surface area contributed by atoms with Crippen LogP contribution < -0.4 is 10.6 Å². The minimum atomic E-state index is -1.01. The van der Waals surface area contributed by atoms with Crippen molar-refractivity contribution in [1.29, 1.82) is 0 Å². The number of hydrogen-bond donors (Lipinski definition) is 2. The Bertz CT molecular complexity index is 1290. The van der Waals surface area contributed by atoms with Gasteiger partial charge in [0, 0.05) is 29.5 Å². The number of hydrogen-bond acceptors (Lipinski definition) is 5. The summed E-state index contributed by atoms with van der Waals surface area (Å²) in [6, 6.07) is 8.25. The normalized spacial score (nSPS) is 18.7. The highest BCUT2D eigenvalue weighted by Gasteiger charge is 2.40. The Morgan fingerprint density at radius 1 is 1.28 bits per heavy atom. The third kappa shape index (κ3) is 6.40. The maximum atomic E-state index is 12.8. The number of benzene rings is 1. The number of pyridine rings is 1. The zero-order valence-electron chi connectivity index (χ0n) is 21.0. The predicted molar refractivity (Wildman–Crippen MR) is 138 cm³/mol. The first kappa shape index (κ1) is 26.7. The molecule has 188 valence electrons. The lowest BCUT2D eigenvalue weighted by atomic mass is 9.86. The van der Waals surface area contributed by atoms with E-state index >= 15 is 0 Å². The predicted octanol–water partition coefficient (Wildman–Crippen LogP) is 4.32. The Balaban J connectivity index is 1.88. The number of rotatable bonds is 3. The van der Waals surface area contributed by atoms with Gasteiger partial charge in [-0.1, -0.05) is 17.5 Å². The standard InChI is InChI=1S/C26H28ClN5O4/c1-7-8-16-9-12-20(28-15-16)22(34)29-17-10-11-19(27)18(13-17)26(5)14-21(33)32(6)23(31-26)30-24(35)36-25(2,3)4/h9-13,15H,14H2,1-6H3,(H,29,34)(H,30,31,35)/t26-/m0/s1. The summed E-state index contributed by atoms with van der Waals surface area (Å²) in [5.74, 6) is 5.00. The highest BCUT2D eigenvalue weighted by Crippen LogP contribution is 2.35. The third-order valence-electron chi connectivity index (χ3n) is 5.26. The number of carbonyl (C=O) groups excluding carboxylic acids is 3. The van der Waals surface area contributed by atoms with E-state index in [9.17, 15) is 14.4 Å². The van der Waals surface area contributed by atoms with Crippen LogP contribution in [0.15, 0.2) is 41.5 Å². The van der Waals surface area contributed by atoms with Crippen LogP contribution >= 0.6 is 11.6 Å². The number of anilines is 1. The maximum Gasteiger partial charge on any atom is 0.437 e. The van der Waals surface area contributed by atoms with E-state index < -0.39 is 23.1 Å². The van der Waals surface area contributed by atoms with Crippen molar-refractivity contribution in [2.75, 3.05) is 12.4 Å². The number of aromatic nitrogens is 1. The third-order valence-corrected chi connectivity index (χ3v) is 5.59. The van der Waals surface area contributed by atoms with Crippen LogP contribution in [0.3, 0.4) is 0 Å².